The zero-order valence-electron chi connectivity index (χ0n) is 11.9. The predicted octanol–water partition coefficient (Wildman–Crippen LogP) is 1.74. The Morgan fingerprint density at radius 2 is 1.89 bits per heavy atom. The Bertz CT molecular complexity index is 447. The third-order valence-corrected chi connectivity index (χ3v) is 3.02. The summed E-state index contributed by atoms with van der Waals surface area (Å²) in [4.78, 5) is 11.8. The van der Waals surface area contributed by atoms with Gasteiger partial charge in [0.15, 0.2) is 11.5 Å². The van der Waals surface area contributed by atoms with E-state index in [0.29, 0.717) is 17.2 Å². The normalized spacial score (nSPS) is 11.8. The SMILES string of the molecule is CC[C@@H](C)NC(=O)Cc1cc(OC)c(OC)cc1N. The molecule has 3 N–H and O–H groups in total. The van der Waals surface area contributed by atoms with E-state index >= 15 is 0 Å². The summed E-state index contributed by atoms with van der Waals surface area (Å²) in [5.41, 5.74) is 7.18. The van der Waals surface area contributed by atoms with Gasteiger partial charge in [0.1, 0.15) is 0 Å². The van der Waals surface area contributed by atoms with Crippen molar-refractivity contribution < 1.29 is 14.3 Å². The summed E-state index contributed by atoms with van der Waals surface area (Å²) in [6, 6.07) is 3.57. The highest BCUT2D eigenvalue weighted by Crippen LogP contribution is 2.32. The van der Waals surface area contributed by atoms with Gasteiger partial charge >= 0.3 is 0 Å². The van der Waals surface area contributed by atoms with E-state index in [1.54, 1.807) is 26.4 Å². The molecule has 0 aliphatic heterocycles. The summed E-state index contributed by atoms with van der Waals surface area (Å²) in [5, 5.41) is 2.90. The van der Waals surface area contributed by atoms with Gasteiger partial charge in [0.25, 0.3) is 0 Å². The van der Waals surface area contributed by atoms with Crippen LogP contribution in [0.4, 0.5) is 5.69 Å². The Morgan fingerprint density at radius 1 is 1.32 bits per heavy atom. The lowest BCUT2D eigenvalue weighted by atomic mass is 10.1. The molecule has 1 amide bonds. The van der Waals surface area contributed by atoms with Crippen molar-refractivity contribution in [3.05, 3.63) is 17.7 Å². The molecule has 1 rings (SSSR count). The quantitative estimate of drug-likeness (QED) is 0.769. The lowest BCUT2D eigenvalue weighted by Gasteiger charge is -2.14. The fourth-order valence-electron chi connectivity index (χ4n) is 1.69. The van der Waals surface area contributed by atoms with Crippen molar-refractivity contribution in [2.75, 3.05) is 20.0 Å². The molecule has 0 aliphatic carbocycles. The van der Waals surface area contributed by atoms with E-state index in [0.717, 1.165) is 12.0 Å². The van der Waals surface area contributed by atoms with E-state index in [-0.39, 0.29) is 18.4 Å². The van der Waals surface area contributed by atoms with Crippen LogP contribution in [0, 0.1) is 0 Å². The van der Waals surface area contributed by atoms with Gasteiger partial charge < -0.3 is 20.5 Å². The van der Waals surface area contributed by atoms with Gasteiger partial charge in [-0.15, -0.1) is 0 Å². The van der Waals surface area contributed by atoms with Crippen LogP contribution in [0.1, 0.15) is 25.8 Å². The summed E-state index contributed by atoms with van der Waals surface area (Å²) in [7, 11) is 3.10. The summed E-state index contributed by atoms with van der Waals surface area (Å²) >= 11 is 0. The number of hydrogen-bond acceptors (Lipinski definition) is 4. The molecule has 0 saturated carbocycles. The molecule has 0 saturated heterocycles. The van der Waals surface area contributed by atoms with Crippen molar-refractivity contribution >= 4 is 11.6 Å². The van der Waals surface area contributed by atoms with Gasteiger partial charge in [0, 0.05) is 17.8 Å². The molecule has 19 heavy (non-hydrogen) atoms. The van der Waals surface area contributed by atoms with Crippen LogP contribution >= 0.6 is 0 Å². The van der Waals surface area contributed by atoms with Crippen molar-refractivity contribution in [1.82, 2.24) is 5.32 Å². The minimum Gasteiger partial charge on any atom is -0.493 e. The molecular formula is C14H22N2O3. The second-order valence-electron chi connectivity index (χ2n) is 4.46. The molecule has 1 aromatic carbocycles. The average molecular weight is 266 g/mol. The maximum Gasteiger partial charge on any atom is 0.224 e. The summed E-state index contributed by atoms with van der Waals surface area (Å²) in [6.07, 6.45) is 1.13. The topological polar surface area (TPSA) is 73.6 Å². The number of nitrogens with two attached hydrogens (primary N) is 1. The second kappa shape index (κ2) is 6.87. The first-order chi connectivity index (χ1) is 9.01. The number of ether oxygens (including phenoxy) is 2. The molecule has 0 heterocycles. The van der Waals surface area contributed by atoms with Gasteiger partial charge in [-0.1, -0.05) is 6.92 Å². The monoisotopic (exact) mass is 266 g/mol. The van der Waals surface area contributed by atoms with Crippen molar-refractivity contribution in [1.29, 1.82) is 0 Å². The van der Waals surface area contributed by atoms with Crippen LogP contribution in [0.2, 0.25) is 0 Å². The molecule has 5 heteroatoms. The van der Waals surface area contributed by atoms with Crippen LogP contribution in [0.3, 0.4) is 0 Å². The number of nitrogen functional groups attached to an aromatic ring is 1. The molecule has 1 atom stereocenters. The molecule has 1 aromatic rings. The van der Waals surface area contributed by atoms with Crippen molar-refractivity contribution in [2.45, 2.75) is 32.7 Å². The van der Waals surface area contributed by atoms with E-state index in [9.17, 15) is 4.79 Å². The first-order valence-corrected chi connectivity index (χ1v) is 6.31. The van der Waals surface area contributed by atoms with Crippen LogP contribution in [-0.4, -0.2) is 26.2 Å². The summed E-state index contributed by atoms with van der Waals surface area (Å²) < 4.78 is 10.4. The molecule has 0 bridgehead atoms. The Hall–Kier alpha value is -1.91. The highest BCUT2D eigenvalue weighted by Gasteiger charge is 2.13. The van der Waals surface area contributed by atoms with Crippen LogP contribution < -0.4 is 20.5 Å². The molecule has 0 fully saturated rings. The third kappa shape index (κ3) is 4.05. The Kier molecular flexibility index (Phi) is 5.48. The van der Waals surface area contributed by atoms with Crippen molar-refractivity contribution in [3.63, 3.8) is 0 Å². The van der Waals surface area contributed by atoms with E-state index in [1.165, 1.54) is 0 Å². The fourth-order valence-corrected chi connectivity index (χ4v) is 1.69. The fraction of sp³-hybridized carbons (Fsp3) is 0.500. The van der Waals surface area contributed by atoms with Crippen LogP contribution in [0.15, 0.2) is 12.1 Å². The third-order valence-electron chi connectivity index (χ3n) is 3.02. The molecule has 106 valence electrons. The minimum atomic E-state index is -0.0479. The Labute approximate surface area is 114 Å². The Balaban J connectivity index is 2.86. The summed E-state index contributed by atoms with van der Waals surface area (Å²) in [6.45, 7) is 3.99. The maximum absolute atomic E-state index is 11.8. The lowest BCUT2D eigenvalue weighted by molar-refractivity contribution is -0.121. The number of anilines is 1. The number of rotatable bonds is 6. The van der Waals surface area contributed by atoms with Gasteiger partial charge in [-0.2, -0.15) is 0 Å². The zero-order chi connectivity index (χ0) is 14.4. The molecule has 0 spiro atoms. The minimum absolute atomic E-state index is 0.0479. The standard InChI is InChI=1S/C14H22N2O3/c1-5-9(2)16-14(17)7-10-6-12(18-3)13(19-4)8-11(10)15/h6,8-9H,5,7,15H2,1-4H3,(H,16,17)/t9-/m1/s1. The van der Waals surface area contributed by atoms with Gasteiger partial charge in [0.05, 0.1) is 20.6 Å². The smallest absolute Gasteiger partial charge is 0.224 e. The molecule has 0 aromatic heterocycles. The number of nitrogens with one attached hydrogen (secondary N) is 1. The molecule has 0 radical (unpaired) electrons. The van der Waals surface area contributed by atoms with Crippen LogP contribution in [-0.2, 0) is 11.2 Å². The maximum atomic E-state index is 11.8. The van der Waals surface area contributed by atoms with E-state index in [4.69, 9.17) is 15.2 Å². The molecule has 0 unspecified atom stereocenters. The first-order valence-electron chi connectivity index (χ1n) is 6.31. The van der Waals surface area contributed by atoms with Crippen LogP contribution in [0.25, 0.3) is 0 Å². The van der Waals surface area contributed by atoms with Crippen molar-refractivity contribution in [3.8, 4) is 11.5 Å². The Morgan fingerprint density at radius 3 is 2.42 bits per heavy atom. The molecule has 5 nitrogen and oxygen atoms in total. The zero-order valence-corrected chi connectivity index (χ0v) is 11.9. The van der Waals surface area contributed by atoms with Gasteiger partial charge in [-0.3, -0.25) is 4.79 Å². The number of hydrogen-bond donors (Lipinski definition) is 2. The number of amides is 1. The predicted molar refractivity (Wildman–Crippen MR) is 75.6 cm³/mol. The van der Waals surface area contributed by atoms with Gasteiger partial charge in [0.2, 0.25) is 5.91 Å². The number of benzene rings is 1. The molecular weight excluding hydrogens is 244 g/mol. The number of methoxy groups -OCH3 is 2. The largest absolute Gasteiger partial charge is 0.493 e. The highest BCUT2D eigenvalue weighted by molar-refractivity contribution is 5.81. The van der Waals surface area contributed by atoms with E-state index in [1.807, 2.05) is 13.8 Å². The van der Waals surface area contributed by atoms with Gasteiger partial charge in [-0.05, 0) is 25.0 Å². The van der Waals surface area contributed by atoms with E-state index in [2.05, 4.69) is 5.32 Å². The lowest BCUT2D eigenvalue weighted by Crippen LogP contribution is -2.33. The average Bonchev–Trinajstić information content (AvgIpc) is 2.40. The van der Waals surface area contributed by atoms with Gasteiger partial charge in [-0.25, -0.2) is 0 Å². The summed E-state index contributed by atoms with van der Waals surface area (Å²) in [5.74, 6) is 1.09. The van der Waals surface area contributed by atoms with E-state index < -0.39 is 0 Å². The second-order valence-corrected chi connectivity index (χ2v) is 4.46. The molecule has 0 aliphatic rings. The number of carbonyl (C=O) groups excluding carboxylic acids is 1. The first kappa shape index (κ1) is 15.1. The van der Waals surface area contributed by atoms with Crippen LogP contribution in [0.5, 0.6) is 11.5 Å². The number of carbonyl (C=O) groups is 1. The highest BCUT2D eigenvalue weighted by atomic mass is 16.5. The van der Waals surface area contributed by atoms with Crippen molar-refractivity contribution in [2.24, 2.45) is 0 Å².